The van der Waals surface area contributed by atoms with Gasteiger partial charge in [0.05, 0.1) is 0 Å². The Bertz CT molecular complexity index is 405. The van der Waals surface area contributed by atoms with Gasteiger partial charge in [-0.25, -0.2) is 0 Å². The Labute approximate surface area is 112 Å². The molecule has 0 radical (unpaired) electrons. The van der Waals surface area contributed by atoms with Crippen molar-refractivity contribution in [2.45, 2.75) is 19.8 Å². The minimum Gasteiger partial charge on any atom is -0.480 e. The lowest BCUT2D eigenvalue weighted by atomic mass is 10.2. The SMILES string of the molecule is CCOCCCC(=O)N(CC(=O)O)c1ccccc1. The van der Waals surface area contributed by atoms with E-state index >= 15 is 0 Å². The van der Waals surface area contributed by atoms with Crippen molar-refractivity contribution in [2.75, 3.05) is 24.7 Å². The molecule has 1 N–H and O–H groups in total. The molecule has 0 spiro atoms. The Morgan fingerprint density at radius 2 is 1.95 bits per heavy atom. The molecule has 1 aromatic carbocycles. The maximum atomic E-state index is 12.0. The molecular weight excluding hydrogens is 246 g/mol. The molecule has 0 fully saturated rings. The van der Waals surface area contributed by atoms with Crippen molar-refractivity contribution in [2.24, 2.45) is 0 Å². The first-order valence-electron chi connectivity index (χ1n) is 6.30. The lowest BCUT2D eigenvalue weighted by Crippen LogP contribution is -2.35. The highest BCUT2D eigenvalue weighted by Crippen LogP contribution is 2.14. The summed E-state index contributed by atoms with van der Waals surface area (Å²) in [5.74, 6) is -1.23. The molecule has 0 aliphatic heterocycles. The van der Waals surface area contributed by atoms with E-state index in [4.69, 9.17) is 9.84 Å². The molecule has 1 amide bonds. The second-order valence-corrected chi connectivity index (χ2v) is 4.01. The standard InChI is InChI=1S/C14H19NO4/c1-2-19-10-6-9-13(16)15(11-14(17)18)12-7-4-3-5-8-12/h3-5,7-8H,2,6,9-11H2,1H3,(H,17,18). The Morgan fingerprint density at radius 1 is 1.26 bits per heavy atom. The zero-order chi connectivity index (χ0) is 14.1. The van der Waals surface area contributed by atoms with Gasteiger partial charge in [0.1, 0.15) is 6.54 Å². The minimum absolute atomic E-state index is 0.201. The maximum absolute atomic E-state index is 12.0. The van der Waals surface area contributed by atoms with Gasteiger partial charge >= 0.3 is 5.97 Å². The average molecular weight is 265 g/mol. The van der Waals surface area contributed by atoms with Gasteiger partial charge in [0.15, 0.2) is 0 Å². The third-order valence-corrected chi connectivity index (χ3v) is 2.55. The van der Waals surface area contributed by atoms with Crippen LogP contribution >= 0.6 is 0 Å². The van der Waals surface area contributed by atoms with E-state index in [0.717, 1.165) is 0 Å². The summed E-state index contributed by atoms with van der Waals surface area (Å²) in [6.07, 6.45) is 0.873. The first kappa shape index (κ1) is 15.2. The van der Waals surface area contributed by atoms with E-state index in [2.05, 4.69) is 0 Å². The molecule has 0 atom stereocenters. The molecule has 104 valence electrons. The summed E-state index contributed by atoms with van der Waals surface area (Å²) in [5, 5.41) is 8.89. The van der Waals surface area contributed by atoms with Gasteiger partial charge in [-0.15, -0.1) is 0 Å². The van der Waals surface area contributed by atoms with Gasteiger partial charge in [-0.2, -0.15) is 0 Å². The molecule has 5 nitrogen and oxygen atoms in total. The van der Waals surface area contributed by atoms with E-state index in [-0.39, 0.29) is 18.9 Å². The van der Waals surface area contributed by atoms with Crippen molar-refractivity contribution < 1.29 is 19.4 Å². The molecule has 1 aromatic rings. The fourth-order valence-electron chi connectivity index (χ4n) is 1.67. The highest BCUT2D eigenvalue weighted by molar-refractivity contribution is 5.97. The Balaban J connectivity index is 2.63. The number of benzene rings is 1. The van der Waals surface area contributed by atoms with E-state index < -0.39 is 5.97 Å². The van der Waals surface area contributed by atoms with Crippen LogP contribution in [0.2, 0.25) is 0 Å². The van der Waals surface area contributed by atoms with Crippen LogP contribution in [-0.4, -0.2) is 36.7 Å². The third kappa shape index (κ3) is 5.52. The highest BCUT2D eigenvalue weighted by Gasteiger charge is 2.17. The number of hydrogen-bond acceptors (Lipinski definition) is 3. The van der Waals surface area contributed by atoms with Crippen molar-refractivity contribution >= 4 is 17.6 Å². The molecule has 0 aliphatic rings. The van der Waals surface area contributed by atoms with E-state index in [1.54, 1.807) is 24.3 Å². The Hall–Kier alpha value is -1.88. The average Bonchev–Trinajstić information content (AvgIpc) is 2.41. The zero-order valence-electron chi connectivity index (χ0n) is 11.0. The predicted molar refractivity (Wildman–Crippen MR) is 72.2 cm³/mol. The number of amides is 1. The number of carboxylic acids is 1. The third-order valence-electron chi connectivity index (χ3n) is 2.55. The zero-order valence-corrected chi connectivity index (χ0v) is 11.0. The smallest absolute Gasteiger partial charge is 0.323 e. The molecule has 0 unspecified atom stereocenters. The summed E-state index contributed by atoms with van der Waals surface area (Å²) in [4.78, 5) is 24.2. The van der Waals surface area contributed by atoms with Crippen LogP contribution in [0.3, 0.4) is 0 Å². The van der Waals surface area contributed by atoms with Crippen molar-refractivity contribution in [3.63, 3.8) is 0 Å². The number of carbonyl (C=O) groups excluding carboxylic acids is 1. The van der Waals surface area contributed by atoms with E-state index in [9.17, 15) is 9.59 Å². The summed E-state index contributed by atoms with van der Waals surface area (Å²) < 4.78 is 5.16. The van der Waals surface area contributed by atoms with E-state index in [0.29, 0.717) is 25.3 Å². The largest absolute Gasteiger partial charge is 0.480 e. The van der Waals surface area contributed by atoms with Gasteiger partial charge in [-0.3, -0.25) is 9.59 Å². The second-order valence-electron chi connectivity index (χ2n) is 4.01. The number of hydrogen-bond donors (Lipinski definition) is 1. The van der Waals surface area contributed by atoms with Crippen LogP contribution in [0.15, 0.2) is 30.3 Å². The van der Waals surface area contributed by atoms with Gasteiger partial charge in [-0.05, 0) is 25.5 Å². The van der Waals surface area contributed by atoms with Crippen LogP contribution in [-0.2, 0) is 14.3 Å². The number of anilines is 1. The fraction of sp³-hybridized carbons (Fsp3) is 0.429. The van der Waals surface area contributed by atoms with Gasteiger partial charge in [0.2, 0.25) is 5.91 Å². The molecular formula is C14H19NO4. The Morgan fingerprint density at radius 3 is 2.53 bits per heavy atom. The van der Waals surface area contributed by atoms with Gasteiger partial charge in [-0.1, -0.05) is 18.2 Å². The van der Waals surface area contributed by atoms with Gasteiger partial charge in [0, 0.05) is 25.3 Å². The molecule has 0 saturated heterocycles. The fourth-order valence-corrected chi connectivity index (χ4v) is 1.67. The van der Waals surface area contributed by atoms with Crippen molar-refractivity contribution in [3.8, 4) is 0 Å². The number of rotatable bonds is 8. The quantitative estimate of drug-likeness (QED) is 0.729. The van der Waals surface area contributed by atoms with E-state index in [1.165, 1.54) is 4.90 Å². The van der Waals surface area contributed by atoms with Crippen molar-refractivity contribution in [1.82, 2.24) is 0 Å². The topological polar surface area (TPSA) is 66.8 Å². The summed E-state index contributed by atoms with van der Waals surface area (Å²) in [7, 11) is 0. The molecule has 0 bridgehead atoms. The van der Waals surface area contributed by atoms with Crippen LogP contribution < -0.4 is 4.90 Å². The Kier molecular flexibility index (Phi) is 6.60. The number of carbonyl (C=O) groups is 2. The molecule has 0 saturated carbocycles. The first-order valence-corrected chi connectivity index (χ1v) is 6.30. The summed E-state index contributed by atoms with van der Waals surface area (Å²) in [5.41, 5.74) is 0.603. The van der Waals surface area contributed by atoms with Crippen LogP contribution in [0.4, 0.5) is 5.69 Å². The molecule has 0 heterocycles. The normalized spacial score (nSPS) is 10.2. The number of carboxylic acid groups (broad SMARTS) is 1. The molecule has 19 heavy (non-hydrogen) atoms. The first-order chi connectivity index (χ1) is 9.15. The molecule has 0 aromatic heterocycles. The monoisotopic (exact) mass is 265 g/mol. The molecule has 5 heteroatoms. The van der Waals surface area contributed by atoms with Gasteiger partial charge in [0.25, 0.3) is 0 Å². The minimum atomic E-state index is -1.03. The summed E-state index contributed by atoms with van der Waals surface area (Å²) >= 11 is 0. The van der Waals surface area contributed by atoms with Crippen LogP contribution in [0.5, 0.6) is 0 Å². The highest BCUT2D eigenvalue weighted by atomic mass is 16.5. The maximum Gasteiger partial charge on any atom is 0.323 e. The van der Waals surface area contributed by atoms with Crippen LogP contribution in [0.25, 0.3) is 0 Å². The van der Waals surface area contributed by atoms with Crippen molar-refractivity contribution in [1.29, 1.82) is 0 Å². The number of ether oxygens (including phenoxy) is 1. The van der Waals surface area contributed by atoms with Crippen LogP contribution in [0.1, 0.15) is 19.8 Å². The predicted octanol–water partition coefficient (Wildman–Crippen LogP) is 1.92. The number of aliphatic carboxylic acids is 1. The number of para-hydroxylation sites is 1. The molecule has 0 aliphatic carbocycles. The van der Waals surface area contributed by atoms with Gasteiger partial charge < -0.3 is 14.7 Å². The van der Waals surface area contributed by atoms with E-state index in [1.807, 2.05) is 13.0 Å². The van der Waals surface area contributed by atoms with Crippen LogP contribution in [0, 0.1) is 0 Å². The second kappa shape index (κ2) is 8.26. The lowest BCUT2D eigenvalue weighted by Gasteiger charge is -2.20. The number of nitrogens with zero attached hydrogens (tertiary/aromatic N) is 1. The summed E-state index contributed by atoms with van der Waals surface area (Å²) in [6.45, 7) is 2.70. The lowest BCUT2D eigenvalue weighted by molar-refractivity contribution is -0.136. The van der Waals surface area contributed by atoms with Crippen molar-refractivity contribution in [3.05, 3.63) is 30.3 Å². The molecule has 1 rings (SSSR count). The summed E-state index contributed by atoms with van der Waals surface area (Å²) in [6, 6.07) is 8.82.